The second-order valence-corrected chi connectivity index (χ2v) is 11.1. The largest absolute Gasteiger partial charge is 0.327 e. The molecule has 3 aromatic rings. The zero-order valence-electron chi connectivity index (χ0n) is 22.0. The highest BCUT2D eigenvalue weighted by atomic mass is 79.9. The average molecular weight is 567 g/mol. The van der Waals surface area contributed by atoms with E-state index in [-0.39, 0.29) is 29.5 Å². The average Bonchev–Trinajstić information content (AvgIpc) is 3.17. The molecule has 1 amide bonds. The maximum Gasteiger partial charge on any atom is 0.257 e. The van der Waals surface area contributed by atoms with Crippen molar-refractivity contribution in [3.8, 4) is 0 Å². The fourth-order valence-electron chi connectivity index (χ4n) is 4.99. The summed E-state index contributed by atoms with van der Waals surface area (Å²) in [6.07, 6.45) is 1.23. The fourth-order valence-corrected chi connectivity index (χ4v) is 5.26. The quantitative estimate of drug-likeness (QED) is 0.415. The number of aromatic nitrogens is 2. The van der Waals surface area contributed by atoms with E-state index in [1.165, 1.54) is 0 Å². The third-order valence-electron chi connectivity index (χ3n) is 7.16. The van der Waals surface area contributed by atoms with Crippen molar-refractivity contribution in [2.24, 2.45) is 11.7 Å². The second-order valence-electron chi connectivity index (χ2n) is 10.2. The van der Waals surface area contributed by atoms with Crippen LogP contribution in [-0.2, 0) is 13.0 Å². The molecule has 1 heterocycles. The minimum absolute atomic E-state index is 0.0502. The van der Waals surface area contributed by atoms with Gasteiger partial charge in [-0.3, -0.25) is 14.2 Å². The molecule has 0 saturated carbocycles. The van der Waals surface area contributed by atoms with Crippen LogP contribution in [0.3, 0.4) is 0 Å². The van der Waals surface area contributed by atoms with Crippen LogP contribution in [-0.4, -0.2) is 52.4 Å². The lowest BCUT2D eigenvalue weighted by molar-refractivity contribution is 0.0641. The van der Waals surface area contributed by atoms with Gasteiger partial charge >= 0.3 is 0 Å². The normalized spacial score (nSPS) is 17.6. The molecule has 2 N–H and O–H groups in total. The summed E-state index contributed by atoms with van der Waals surface area (Å²) in [5.41, 5.74) is 9.45. The van der Waals surface area contributed by atoms with Gasteiger partial charge in [0.05, 0.1) is 24.3 Å². The molecule has 0 bridgehead atoms. The number of nitrogens with zero attached hydrogens (tertiary/aromatic N) is 4. The van der Waals surface area contributed by atoms with Crippen molar-refractivity contribution in [3.63, 3.8) is 0 Å². The maximum absolute atomic E-state index is 13.9. The van der Waals surface area contributed by atoms with Gasteiger partial charge in [-0.05, 0) is 62.7 Å². The van der Waals surface area contributed by atoms with Gasteiger partial charge in [-0.1, -0.05) is 60.1 Å². The van der Waals surface area contributed by atoms with Gasteiger partial charge in [0.25, 0.3) is 11.5 Å². The predicted octanol–water partition coefficient (Wildman–Crippen LogP) is 4.40. The number of fused-ring (bicyclic) bond motifs is 1. The molecule has 2 aromatic carbocycles. The molecule has 1 aromatic heterocycles. The fraction of sp³-hybridized carbons (Fsp3) is 0.414. The van der Waals surface area contributed by atoms with Crippen LogP contribution in [0.4, 0.5) is 0 Å². The Bertz CT molecular complexity index is 1290. The number of carbonyl (C=O) groups is 1. The molecule has 0 fully saturated rings. The molecular formula is C29H36BrN5O2. The third kappa shape index (κ3) is 5.87. The number of amides is 1. The molecule has 0 saturated heterocycles. The van der Waals surface area contributed by atoms with Gasteiger partial charge in [-0.15, -0.1) is 0 Å². The molecular weight excluding hydrogens is 530 g/mol. The topological polar surface area (TPSA) is 84.5 Å². The number of hydrogen-bond donors (Lipinski definition) is 1. The standard InChI is InChI=1S/C29H36BrN5O2/c1-5-24(34(16-15-33(3)4)28(36)21-11-13-22(30)14-12-21)27-32-26-23(17-19(2)25(26)31)29(37)35(27)18-20-9-7-6-8-10-20/h6-14,19,24-25H,5,15-18,31H2,1-4H3. The Morgan fingerprint density at radius 3 is 2.43 bits per heavy atom. The van der Waals surface area contributed by atoms with E-state index in [1.807, 2.05) is 80.5 Å². The van der Waals surface area contributed by atoms with E-state index in [0.29, 0.717) is 55.1 Å². The van der Waals surface area contributed by atoms with E-state index in [1.54, 1.807) is 4.57 Å². The SMILES string of the molecule is CCC(c1nc2c(c(=O)n1Cc1ccccc1)CC(C)C2N)N(CCN(C)C)C(=O)c1ccc(Br)cc1. The van der Waals surface area contributed by atoms with Gasteiger partial charge in [-0.2, -0.15) is 0 Å². The van der Waals surface area contributed by atoms with Crippen LogP contribution in [0.15, 0.2) is 63.9 Å². The molecule has 1 aliphatic carbocycles. The molecule has 0 spiro atoms. The number of rotatable bonds is 9. The summed E-state index contributed by atoms with van der Waals surface area (Å²) in [5.74, 6) is 0.661. The van der Waals surface area contributed by atoms with Crippen molar-refractivity contribution >= 4 is 21.8 Å². The Kier molecular flexibility index (Phi) is 8.62. The summed E-state index contributed by atoms with van der Waals surface area (Å²) in [6.45, 7) is 5.68. The number of likely N-dealkylation sites (N-methyl/N-ethyl adjacent to an activating group) is 1. The molecule has 7 nitrogen and oxygen atoms in total. The lowest BCUT2D eigenvalue weighted by Crippen LogP contribution is -2.42. The molecule has 4 rings (SSSR count). The molecule has 1 aliphatic rings. The van der Waals surface area contributed by atoms with Crippen LogP contribution < -0.4 is 11.3 Å². The first-order valence-corrected chi connectivity index (χ1v) is 13.6. The zero-order chi connectivity index (χ0) is 26.7. The van der Waals surface area contributed by atoms with E-state index in [9.17, 15) is 9.59 Å². The van der Waals surface area contributed by atoms with Crippen LogP contribution >= 0.6 is 15.9 Å². The summed E-state index contributed by atoms with van der Waals surface area (Å²) in [7, 11) is 3.98. The summed E-state index contributed by atoms with van der Waals surface area (Å²) in [4.78, 5) is 36.8. The third-order valence-corrected chi connectivity index (χ3v) is 7.69. The van der Waals surface area contributed by atoms with Crippen LogP contribution in [0.25, 0.3) is 0 Å². The first-order valence-electron chi connectivity index (χ1n) is 12.9. The minimum atomic E-state index is -0.388. The summed E-state index contributed by atoms with van der Waals surface area (Å²) in [5, 5.41) is 0. The van der Waals surface area contributed by atoms with Crippen LogP contribution in [0.1, 0.15) is 65.4 Å². The van der Waals surface area contributed by atoms with Crippen molar-refractivity contribution in [1.82, 2.24) is 19.4 Å². The molecule has 0 aliphatic heterocycles. The number of halogens is 1. The Balaban J connectivity index is 1.86. The van der Waals surface area contributed by atoms with Crippen molar-refractivity contribution in [2.45, 2.75) is 45.3 Å². The molecule has 37 heavy (non-hydrogen) atoms. The van der Waals surface area contributed by atoms with E-state index in [2.05, 4.69) is 27.8 Å². The second kappa shape index (κ2) is 11.7. The van der Waals surface area contributed by atoms with Crippen molar-refractivity contribution in [1.29, 1.82) is 0 Å². The Morgan fingerprint density at radius 2 is 1.81 bits per heavy atom. The molecule has 3 unspecified atom stereocenters. The van der Waals surface area contributed by atoms with Gasteiger partial charge < -0.3 is 15.5 Å². The Labute approximate surface area is 227 Å². The Morgan fingerprint density at radius 1 is 1.14 bits per heavy atom. The molecule has 3 atom stereocenters. The van der Waals surface area contributed by atoms with Crippen LogP contribution in [0.2, 0.25) is 0 Å². The summed E-state index contributed by atoms with van der Waals surface area (Å²) in [6, 6.07) is 16.6. The lowest BCUT2D eigenvalue weighted by atomic mass is 10.1. The minimum Gasteiger partial charge on any atom is -0.327 e. The van der Waals surface area contributed by atoms with Gasteiger partial charge in [0.1, 0.15) is 5.82 Å². The van der Waals surface area contributed by atoms with E-state index >= 15 is 0 Å². The summed E-state index contributed by atoms with van der Waals surface area (Å²) >= 11 is 3.46. The lowest BCUT2D eigenvalue weighted by Gasteiger charge is -2.33. The number of carbonyl (C=O) groups excluding carboxylic acids is 1. The van der Waals surface area contributed by atoms with E-state index in [4.69, 9.17) is 10.7 Å². The van der Waals surface area contributed by atoms with Gasteiger partial charge in [0, 0.05) is 28.7 Å². The number of benzene rings is 2. The van der Waals surface area contributed by atoms with Crippen LogP contribution in [0, 0.1) is 5.92 Å². The van der Waals surface area contributed by atoms with Crippen molar-refractivity contribution < 1.29 is 4.79 Å². The molecule has 196 valence electrons. The van der Waals surface area contributed by atoms with Crippen LogP contribution in [0.5, 0.6) is 0 Å². The Hall–Kier alpha value is -2.81. The highest BCUT2D eigenvalue weighted by molar-refractivity contribution is 9.10. The zero-order valence-corrected chi connectivity index (χ0v) is 23.6. The highest BCUT2D eigenvalue weighted by Crippen LogP contribution is 2.33. The van der Waals surface area contributed by atoms with E-state index < -0.39 is 0 Å². The number of nitrogens with two attached hydrogens (primary N) is 1. The smallest absolute Gasteiger partial charge is 0.257 e. The van der Waals surface area contributed by atoms with Gasteiger partial charge in [0.15, 0.2) is 0 Å². The number of hydrogen-bond acceptors (Lipinski definition) is 5. The van der Waals surface area contributed by atoms with Gasteiger partial charge in [0.2, 0.25) is 0 Å². The molecule has 8 heteroatoms. The van der Waals surface area contributed by atoms with Crippen molar-refractivity contribution in [3.05, 3.63) is 97.6 Å². The first kappa shape index (κ1) is 27.2. The van der Waals surface area contributed by atoms with E-state index in [0.717, 1.165) is 10.0 Å². The van der Waals surface area contributed by atoms with Gasteiger partial charge in [-0.25, -0.2) is 4.98 Å². The van der Waals surface area contributed by atoms with Crippen molar-refractivity contribution in [2.75, 3.05) is 27.2 Å². The first-order chi connectivity index (χ1) is 17.7. The highest BCUT2D eigenvalue weighted by Gasteiger charge is 2.35. The maximum atomic E-state index is 13.9. The molecule has 0 radical (unpaired) electrons. The predicted molar refractivity (Wildman–Crippen MR) is 151 cm³/mol. The monoisotopic (exact) mass is 565 g/mol. The summed E-state index contributed by atoms with van der Waals surface area (Å²) < 4.78 is 2.68.